The van der Waals surface area contributed by atoms with Crippen LogP contribution in [-0.4, -0.2) is 0 Å². The second kappa shape index (κ2) is 10.6. The number of hydrogen-bond acceptors (Lipinski definition) is 1. The lowest BCUT2D eigenvalue weighted by Crippen LogP contribution is -2.19. The Morgan fingerprint density at radius 3 is 1.22 bits per heavy atom. The van der Waals surface area contributed by atoms with Crippen molar-refractivity contribution in [2.75, 3.05) is 4.90 Å². The molecule has 0 unspecified atom stereocenters. The third kappa shape index (κ3) is 3.89. The van der Waals surface area contributed by atoms with Crippen LogP contribution in [0.2, 0.25) is 0 Å². The molecule has 0 atom stereocenters. The highest BCUT2D eigenvalue weighted by Crippen LogP contribution is 2.62. The predicted octanol–water partition coefficient (Wildman–Crippen LogP) is 14.4. The zero-order valence-corrected chi connectivity index (χ0v) is 31.9. The number of rotatable bonds is 3. The van der Waals surface area contributed by atoms with Crippen molar-refractivity contribution in [3.05, 3.63) is 185 Å². The van der Waals surface area contributed by atoms with Crippen LogP contribution in [-0.2, 0) is 16.2 Å². The van der Waals surface area contributed by atoms with Crippen molar-refractivity contribution < 1.29 is 0 Å². The van der Waals surface area contributed by atoms with E-state index in [1.807, 2.05) is 0 Å². The van der Waals surface area contributed by atoms with Crippen LogP contribution >= 0.6 is 0 Å². The maximum atomic E-state index is 2.68. The third-order valence-electron chi connectivity index (χ3n) is 13.4. The van der Waals surface area contributed by atoms with Crippen molar-refractivity contribution in [2.24, 2.45) is 0 Å². The van der Waals surface area contributed by atoms with E-state index in [1.165, 1.54) is 105 Å². The van der Waals surface area contributed by atoms with E-state index >= 15 is 0 Å². The van der Waals surface area contributed by atoms with Gasteiger partial charge in [-0.3, -0.25) is 0 Å². The third-order valence-corrected chi connectivity index (χ3v) is 13.4. The molecule has 54 heavy (non-hydrogen) atoms. The minimum absolute atomic E-state index is 0.131. The van der Waals surface area contributed by atoms with E-state index in [2.05, 4.69) is 198 Å². The van der Waals surface area contributed by atoms with Gasteiger partial charge in [-0.15, -0.1) is 0 Å². The molecule has 0 heterocycles. The molecule has 3 aliphatic rings. The van der Waals surface area contributed by atoms with Crippen molar-refractivity contribution in [2.45, 2.75) is 57.8 Å². The van der Waals surface area contributed by atoms with Gasteiger partial charge in [0.15, 0.2) is 0 Å². The zero-order chi connectivity index (χ0) is 36.7. The average Bonchev–Trinajstić information content (AvgIpc) is 3.69. The number of hydrogen-bond donors (Lipinski definition) is 0. The quantitative estimate of drug-likeness (QED) is 0.178. The van der Waals surface area contributed by atoms with Crippen LogP contribution in [0.5, 0.6) is 0 Å². The Kier molecular flexibility index (Phi) is 6.21. The second-order valence-corrected chi connectivity index (χ2v) is 17.3. The SMILES string of the molecule is CC1(C)c2ccccc2-c2c(N(c3cc4ccccc4c4c3-c3ccccc3C4(C)C)c3cc4ccccc4c4c3-c3ccccc3C4(C)C)cccc21. The van der Waals surface area contributed by atoms with Gasteiger partial charge in [0.1, 0.15) is 0 Å². The van der Waals surface area contributed by atoms with Crippen LogP contribution in [0.3, 0.4) is 0 Å². The van der Waals surface area contributed by atoms with Gasteiger partial charge in [-0.1, -0.05) is 175 Å². The summed E-state index contributed by atoms with van der Waals surface area (Å²) in [6.07, 6.45) is 0. The monoisotopic (exact) mass is 693 g/mol. The lowest BCUT2D eigenvalue weighted by atomic mass is 9.79. The molecule has 3 aliphatic carbocycles. The number of benzene rings is 8. The van der Waals surface area contributed by atoms with Gasteiger partial charge in [0.05, 0.1) is 17.1 Å². The maximum Gasteiger partial charge on any atom is 0.0550 e. The zero-order valence-electron chi connectivity index (χ0n) is 31.9. The van der Waals surface area contributed by atoms with Crippen LogP contribution in [0.25, 0.3) is 54.9 Å². The van der Waals surface area contributed by atoms with Gasteiger partial charge >= 0.3 is 0 Å². The molecule has 0 fully saturated rings. The molecule has 8 aromatic rings. The topological polar surface area (TPSA) is 3.24 Å². The van der Waals surface area contributed by atoms with E-state index < -0.39 is 0 Å². The molecule has 260 valence electrons. The smallest absolute Gasteiger partial charge is 0.0550 e. The minimum atomic E-state index is -0.180. The molecule has 11 rings (SSSR count). The summed E-state index contributed by atoms with van der Waals surface area (Å²) in [6.45, 7) is 14.5. The standard InChI is InChI=1S/C53H43N/c1-51(2)39-25-14-11-22-36(39)46-42(51)28-17-29-43(46)54(44-30-32-18-7-9-20-34(32)49-47(44)37-23-12-15-26-40(37)52(49,3)4)45-31-33-19-8-10-21-35(33)50-48(45)38-24-13-16-27-41(38)53(50,5)6/h7-31H,1-6H3. The fourth-order valence-electron chi connectivity index (χ4n) is 10.9. The summed E-state index contributed by atoms with van der Waals surface area (Å²) in [5.41, 5.74) is 19.6. The second-order valence-electron chi connectivity index (χ2n) is 17.3. The maximum absolute atomic E-state index is 2.68. The van der Waals surface area contributed by atoms with E-state index in [-0.39, 0.29) is 16.2 Å². The van der Waals surface area contributed by atoms with Crippen molar-refractivity contribution in [1.82, 2.24) is 0 Å². The number of nitrogens with zero attached hydrogens (tertiary/aromatic N) is 1. The highest BCUT2D eigenvalue weighted by Gasteiger charge is 2.44. The summed E-state index contributed by atoms with van der Waals surface area (Å²) >= 11 is 0. The van der Waals surface area contributed by atoms with Crippen LogP contribution in [0.4, 0.5) is 17.1 Å². The predicted molar refractivity (Wildman–Crippen MR) is 229 cm³/mol. The molecule has 1 heteroatoms. The number of anilines is 3. The van der Waals surface area contributed by atoms with Gasteiger partial charge in [0.25, 0.3) is 0 Å². The van der Waals surface area contributed by atoms with Gasteiger partial charge in [0, 0.05) is 32.9 Å². The summed E-state index contributed by atoms with van der Waals surface area (Å²) < 4.78 is 0. The first-order valence-electron chi connectivity index (χ1n) is 19.5. The molecule has 1 nitrogen and oxygen atoms in total. The van der Waals surface area contributed by atoms with Crippen LogP contribution in [0.15, 0.2) is 152 Å². The fraction of sp³-hybridized carbons (Fsp3) is 0.170. The molecule has 0 saturated carbocycles. The summed E-state index contributed by atoms with van der Waals surface area (Å²) in [7, 11) is 0. The van der Waals surface area contributed by atoms with Crippen molar-refractivity contribution >= 4 is 38.6 Å². The Labute approximate surface area is 318 Å². The van der Waals surface area contributed by atoms with E-state index in [9.17, 15) is 0 Å². The first-order chi connectivity index (χ1) is 26.1. The van der Waals surface area contributed by atoms with Gasteiger partial charge in [0.2, 0.25) is 0 Å². The highest BCUT2D eigenvalue weighted by atomic mass is 15.2. The number of fused-ring (bicyclic) bond motifs is 13. The molecule has 8 aromatic carbocycles. The molecule has 0 aliphatic heterocycles. The van der Waals surface area contributed by atoms with E-state index in [1.54, 1.807) is 0 Å². The normalized spacial score (nSPS) is 16.0. The molecule has 0 saturated heterocycles. The Bertz CT molecular complexity index is 2770. The summed E-state index contributed by atoms with van der Waals surface area (Å²) in [6, 6.07) is 57.5. The van der Waals surface area contributed by atoms with Crippen LogP contribution < -0.4 is 4.90 Å². The molecule has 0 bridgehead atoms. The lowest BCUT2D eigenvalue weighted by Gasteiger charge is -2.34. The first kappa shape index (κ1) is 31.6. The Morgan fingerprint density at radius 1 is 0.333 bits per heavy atom. The van der Waals surface area contributed by atoms with E-state index in [0.717, 1.165) is 0 Å². The van der Waals surface area contributed by atoms with E-state index in [0.29, 0.717) is 0 Å². The molecule has 0 amide bonds. The average molecular weight is 694 g/mol. The van der Waals surface area contributed by atoms with Gasteiger partial charge < -0.3 is 4.90 Å². The molecule has 0 aromatic heterocycles. The molecule has 0 spiro atoms. The first-order valence-corrected chi connectivity index (χ1v) is 19.5. The summed E-state index contributed by atoms with van der Waals surface area (Å²) in [5, 5.41) is 5.20. The highest BCUT2D eigenvalue weighted by molar-refractivity contribution is 6.12. The van der Waals surface area contributed by atoms with Gasteiger partial charge in [-0.05, 0) is 89.8 Å². The molecular weight excluding hydrogens is 651 g/mol. The minimum Gasteiger partial charge on any atom is -0.309 e. The van der Waals surface area contributed by atoms with Crippen molar-refractivity contribution in [3.8, 4) is 33.4 Å². The van der Waals surface area contributed by atoms with E-state index in [4.69, 9.17) is 0 Å². The lowest BCUT2D eigenvalue weighted by molar-refractivity contribution is 0.660. The Balaban J connectivity index is 1.36. The van der Waals surface area contributed by atoms with Gasteiger partial charge in [-0.2, -0.15) is 0 Å². The summed E-state index contributed by atoms with van der Waals surface area (Å²) in [4.78, 5) is 2.68. The summed E-state index contributed by atoms with van der Waals surface area (Å²) in [5.74, 6) is 0. The van der Waals surface area contributed by atoms with Crippen molar-refractivity contribution in [1.29, 1.82) is 0 Å². The molecular formula is C53H43N. The largest absolute Gasteiger partial charge is 0.309 e. The molecule has 0 N–H and O–H groups in total. The van der Waals surface area contributed by atoms with Crippen molar-refractivity contribution in [3.63, 3.8) is 0 Å². The van der Waals surface area contributed by atoms with Crippen LogP contribution in [0, 0.1) is 0 Å². The Hall–Kier alpha value is -5.92. The fourth-order valence-corrected chi connectivity index (χ4v) is 10.9. The van der Waals surface area contributed by atoms with Crippen LogP contribution in [0.1, 0.15) is 74.9 Å². The van der Waals surface area contributed by atoms with Gasteiger partial charge in [-0.25, -0.2) is 0 Å². The Morgan fingerprint density at radius 2 is 0.722 bits per heavy atom. The molecule has 0 radical (unpaired) electrons.